The van der Waals surface area contributed by atoms with Crippen LogP contribution in [0.15, 0.2) is 18.3 Å². The zero-order valence-corrected chi connectivity index (χ0v) is 13.5. The molecule has 1 aliphatic heterocycles. The number of hydrogen-bond donors (Lipinski definition) is 1. The second-order valence-electron chi connectivity index (χ2n) is 4.47. The van der Waals surface area contributed by atoms with Gasteiger partial charge < -0.3 is 5.32 Å². The van der Waals surface area contributed by atoms with Crippen molar-refractivity contribution in [2.75, 3.05) is 26.2 Å². The first-order valence-electron chi connectivity index (χ1n) is 6.38. The molecule has 0 radical (unpaired) electrons. The van der Waals surface area contributed by atoms with Crippen LogP contribution in [0.1, 0.15) is 31.4 Å². The Bertz CT molecular complexity index is 357. The maximum atomic E-state index is 6.22. The largest absolute Gasteiger partial charge is 0.314 e. The summed E-state index contributed by atoms with van der Waals surface area (Å²) in [6.45, 7) is 6.54. The average Bonchev–Trinajstić information content (AvgIpc) is 2.38. The molecule has 6 heteroatoms. The van der Waals surface area contributed by atoms with Gasteiger partial charge in [-0.1, -0.05) is 31.0 Å². The van der Waals surface area contributed by atoms with Crippen molar-refractivity contribution in [3.63, 3.8) is 0 Å². The molecule has 1 aliphatic rings. The highest BCUT2D eigenvalue weighted by molar-refractivity contribution is 6.30. The Hall–Kier alpha value is -0.0600. The van der Waals surface area contributed by atoms with Crippen molar-refractivity contribution < 1.29 is 0 Å². The molecule has 1 aromatic heterocycles. The highest BCUT2D eigenvalue weighted by Gasteiger charge is 2.23. The molecule has 0 aliphatic carbocycles. The van der Waals surface area contributed by atoms with Crippen LogP contribution in [0, 0.1) is 0 Å². The highest BCUT2D eigenvalue weighted by atomic mass is 35.5. The molecule has 1 N–H and O–H groups in total. The van der Waals surface area contributed by atoms with Crippen LogP contribution in [0.3, 0.4) is 0 Å². The van der Waals surface area contributed by atoms with Gasteiger partial charge in [-0.2, -0.15) is 0 Å². The molecule has 0 aromatic carbocycles. The monoisotopic (exact) mass is 325 g/mol. The molecule has 1 aromatic rings. The van der Waals surface area contributed by atoms with Crippen LogP contribution in [-0.4, -0.2) is 36.1 Å². The maximum absolute atomic E-state index is 6.22. The number of piperazine rings is 1. The maximum Gasteiger partial charge on any atom is 0.133 e. The molecule has 2 heterocycles. The van der Waals surface area contributed by atoms with Crippen LogP contribution >= 0.6 is 36.4 Å². The van der Waals surface area contributed by atoms with Crippen molar-refractivity contribution in [3.05, 3.63) is 29.0 Å². The first-order valence-corrected chi connectivity index (χ1v) is 6.76. The van der Waals surface area contributed by atoms with E-state index in [1.54, 1.807) is 6.20 Å². The van der Waals surface area contributed by atoms with E-state index in [0.717, 1.165) is 32.6 Å². The fourth-order valence-corrected chi connectivity index (χ4v) is 2.69. The molecule has 1 atom stereocenters. The quantitative estimate of drug-likeness (QED) is 0.860. The number of nitrogens with one attached hydrogen (secondary N) is 1. The Morgan fingerprint density at radius 1 is 1.37 bits per heavy atom. The molecule has 3 nitrogen and oxygen atoms in total. The van der Waals surface area contributed by atoms with Crippen molar-refractivity contribution in [1.29, 1.82) is 0 Å². The summed E-state index contributed by atoms with van der Waals surface area (Å²) < 4.78 is 0. The molecule has 19 heavy (non-hydrogen) atoms. The van der Waals surface area contributed by atoms with E-state index in [1.807, 2.05) is 6.07 Å². The number of aromatic nitrogens is 1. The zero-order chi connectivity index (χ0) is 12.1. The van der Waals surface area contributed by atoms with Gasteiger partial charge >= 0.3 is 0 Å². The van der Waals surface area contributed by atoms with Crippen LogP contribution in [0.4, 0.5) is 0 Å². The van der Waals surface area contributed by atoms with Crippen molar-refractivity contribution in [3.8, 4) is 0 Å². The highest BCUT2D eigenvalue weighted by Crippen LogP contribution is 2.29. The summed E-state index contributed by atoms with van der Waals surface area (Å²) in [4.78, 5) is 6.72. The predicted octanol–water partition coefficient (Wildman–Crippen LogP) is 3.33. The number of hydrogen-bond acceptors (Lipinski definition) is 3. The Balaban J connectivity index is 0.00000162. The summed E-state index contributed by atoms with van der Waals surface area (Å²) in [5.74, 6) is 0. The SMILES string of the molecule is CCC[C@H](c1cccnc1Cl)N1CCNCC1.Cl.Cl. The lowest BCUT2D eigenvalue weighted by atomic mass is 10.0. The van der Waals surface area contributed by atoms with Gasteiger partial charge in [0, 0.05) is 44.0 Å². The van der Waals surface area contributed by atoms with Crippen LogP contribution < -0.4 is 5.32 Å². The van der Waals surface area contributed by atoms with E-state index in [-0.39, 0.29) is 24.8 Å². The molecular formula is C13H22Cl3N3. The Morgan fingerprint density at radius 2 is 2.05 bits per heavy atom. The summed E-state index contributed by atoms with van der Waals surface area (Å²) in [6, 6.07) is 4.51. The van der Waals surface area contributed by atoms with E-state index < -0.39 is 0 Å². The number of rotatable bonds is 4. The first-order chi connectivity index (χ1) is 8.33. The lowest BCUT2D eigenvalue weighted by Gasteiger charge is -2.35. The molecular weight excluding hydrogens is 305 g/mol. The Morgan fingerprint density at radius 3 is 2.63 bits per heavy atom. The van der Waals surface area contributed by atoms with Gasteiger partial charge in [0.15, 0.2) is 0 Å². The molecule has 110 valence electrons. The van der Waals surface area contributed by atoms with Crippen molar-refractivity contribution in [2.45, 2.75) is 25.8 Å². The van der Waals surface area contributed by atoms with Crippen LogP contribution in [0.5, 0.6) is 0 Å². The van der Waals surface area contributed by atoms with E-state index in [1.165, 1.54) is 12.0 Å². The van der Waals surface area contributed by atoms with Crippen molar-refractivity contribution >= 4 is 36.4 Å². The minimum absolute atomic E-state index is 0. The molecule has 0 spiro atoms. The second kappa shape index (κ2) is 9.78. The Labute approximate surface area is 132 Å². The molecule has 0 unspecified atom stereocenters. The van der Waals surface area contributed by atoms with E-state index in [4.69, 9.17) is 11.6 Å². The number of pyridine rings is 1. The van der Waals surface area contributed by atoms with Gasteiger partial charge in [0.05, 0.1) is 0 Å². The van der Waals surface area contributed by atoms with Gasteiger partial charge in [-0.15, -0.1) is 24.8 Å². The van der Waals surface area contributed by atoms with Gasteiger partial charge in [-0.3, -0.25) is 4.90 Å². The minimum atomic E-state index is 0. The molecule has 2 rings (SSSR count). The summed E-state index contributed by atoms with van der Waals surface area (Å²) in [6.07, 6.45) is 4.07. The van der Waals surface area contributed by atoms with E-state index in [0.29, 0.717) is 11.2 Å². The van der Waals surface area contributed by atoms with Crippen molar-refractivity contribution in [2.24, 2.45) is 0 Å². The van der Waals surface area contributed by atoms with Gasteiger partial charge in [0.25, 0.3) is 0 Å². The van der Waals surface area contributed by atoms with E-state index in [9.17, 15) is 0 Å². The number of halogens is 3. The van der Waals surface area contributed by atoms with Gasteiger partial charge in [0.1, 0.15) is 5.15 Å². The first kappa shape index (κ1) is 18.9. The van der Waals surface area contributed by atoms with Crippen LogP contribution in [0.25, 0.3) is 0 Å². The summed E-state index contributed by atoms with van der Waals surface area (Å²) >= 11 is 6.22. The van der Waals surface area contributed by atoms with E-state index >= 15 is 0 Å². The number of nitrogens with zero attached hydrogens (tertiary/aromatic N) is 2. The van der Waals surface area contributed by atoms with Crippen LogP contribution in [0.2, 0.25) is 5.15 Å². The summed E-state index contributed by atoms with van der Waals surface area (Å²) in [5, 5.41) is 4.04. The third kappa shape index (κ3) is 5.09. The van der Waals surface area contributed by atoms with Crippen LogP contribution in [-0.2, 0) is 0 Å². The van der Waals surface area contributed by atoms with Gasteiger partial charge in [-0.25, -0.2) is 4.98 Å². The zero-order valence-electron chi connectivity index (χ0n) is 11.1. The molecule has 0 saturated carbocycles. The molecule has 1 saturated heterocycles. The van der Waals surface area contributed by atoms with E-state index in [2.05, 4.69) is 28.2 Å². The fraction of sp³-hybridized carbons (Fsp3) is 0.615. The summed E-state index contributed by atoms with van der Waals surface area (Å²) in [7, 11) is 0. The molecule has 0 bridgehead atoms. The Kier molecular flexibility index (Phi) is 9.75. The molecule has 0 amide bonds. The normalized spacial score (nSPS) is 17.2. The minimum Gasteiger partial charge on any atom is -0.314 e. The van der Waals surface area contributed by atoms with Crippen molar-refractivity contribution in [1.82, 2.24) is 15.2 Å². The van der Waals surface area contributed by atoms with Gasteiger partial charge in [0.2, 0.25) is 0 Å². The standard InChI is InChI=1S/C13H20ClN3.2ClH/c1-2-4-12(17-9-7-15-8-10-17)11-5-3-6-16-13(11)14;;/h3,5-6,12,15H,2,4,7-10H2,1H3;2*1H/t12-;;/m1../s1. The lowest BCUT2D eigenvalue weighted by molar-refractivity contribution is 0.164. The second-order valence-corrected chi connectivity index (χ2v) is 4.83. The smallest absolute Gasteiger partial charge is 0.133 e. The lowest BCUT2D eigenvalue weighted by Crippen LogP contribution is -2.45. The average molecular weight is 327 g/mol. The topological polar surface area (TPSA) is 28.2 Å². The third-order valence-electron chi connectivity index (χ3n) is 3.30. The fourth-order valence-electron chi connectivity index (χ4n) is 2.45. The van der Waals surface area contributed by atoms with Gasteiger partial charge in [-0.05, 0) is 12.5 Å². The molecule has 1 fully saturated rings. The third-order valence-corrected chi connectivity index (χ3v) is 3.62. The predicted molar refractivity (Wildman–Crippen MR) is 85.8 cm³/mol. The summed E-state index contributed by atoms with van der Waals surface area (Å²) in [5.41, 5.74) is 1.18.